The molecule has 1 saturated heterocycles. The van der Waals surface area contributed by atoms with Crippen LogP contribution in [0.1, 0.15) is 32.3 Å². The van der Waals surface area contributed by atoms with Gasteiger partial charge in [0.1, 0.15) is 0 Å². The molecule has 2 heterocycles. The van der Waals surface area contributed by atoms with Crippen molar-refractivity contribution in [1.82, 2.24) is 20.4 Å². The lowest BCUT2D eigenvalue weighted by molar-refractivity contribution is -0.130. The average Bonchev–Trinajstić information content (AvgIpc) is 3.43. The quantitative estimate of drug-likeness (QED) is 0.699. The largest absolute Gasteiger partial charge is 0.454 e. The second kappa shape index (κ2) is 8.59. The fraction of sp³-hybridized carbons (Fsp3) is 0.619. The fourth-order valence-electron chi connectivity index (χ4n) is 3.78. The lowest BCUT2D eigenvalue weighted by atomic mass is 10.1. The maximum atomic E-state index is 12.6. The number of fused-ring (bicyclic) bond motifs is 1. The molecule has 0 spiro atoms. The monoisotopic (exact) mass is 402 g/mol. The van der Waals surface area contributed by atoms with Crippen molar-refractivity contribution < 1.29 is 19.1 Å². The minimum atomic E-state index is -0.207. The molecule has 0 bridgehead atoms. The SMILES string of the molecule is CC(C(=O)NCc1ccc2c(c1)OCO2)N1CCN(C(C)C(=O)NC2CC2)CC1. The van der Waals surface area contributed by atoms with Crippen LogP contribution in [0.3, 0.4) is 0 Å². The van der Waals surface area contributed by atoms with Crippen LogP contribution >= 0.6 is 0 Å². The first kappa shape index (κ1) is 20.0. The highest BCUT2D eigenvalue weighted by atomic mass is 16.7. The van der Waals surface area contributed by atoms with Gasteiger partial charge in [-0.1, -0.05) is 6.07 Å². The molecular formula is C21H30N4O4. The van der Waals surface area contributed by atoms with Crippen molar-refractivity contribution in [3.63, 3.8) is 0 Å². The number of ether oxygens (including phenoxy) is 2. The number of amides is 2. The summed E-state index contributed by atoms with van der Waals surface area (Å²) >= 11 is 0. The molecule has 3 aliphatic rings. The molecule has 1 aromatic carbocycles. The highest BCUT2D eigenvalue weighted by molar-refractivity contribution is 5.82. The van der Waals surface area contributed by atoms with Crippen molar-refractivity contribution in [2.24, 2.45) is 0 Å². The van der Waals surface area contributed by atoms with Crippen molar-refractivity contribution in [2.45, 2.75) is 51.4 Å². The summed E-state index contributed by atoms with van der Waals surface area (Å²) in [5, 5.41) is 6.09. The minimum Gasteiger partial charge on any atom is -0.454 e. The van der Waals surface area contributed by atoms with Crippen LogP contribution in [0.4, 0.5) is 0 Å². The predicted octanol–water partition coefficient (Wildman–Crippen LogP) is 0.705. The van der Waals surface area contributed by atoms with Gasteiger partial charge >= 0.3 is 0 Å². The van der Waals surface area contributed by atoms with Crippen LogP contribution in [0.5, 0.6) is 11.5 Å². The molecule has 158 valence electrons. The fourth-order valence-corrected chi connectivity index (χ4v) is 3.78. The molecule has 2 aliphatic heterocycles. The van der Waals surface area contributed by atoms with Gasteiger partial charge in [0.25, 0.3) is 0 Å². The number of hydrogen-bond donors (Lipinski definition) is 2. The van der Waals surface area contributed by atoms with Gasteiger partial charge in [-0.25, -0.2) is 0 Å². The first-order valence-electron chi connectivity index (χ1n) is 10.5. The van der Waals surface area contributed by atoms with Gasteiger partial charge in [0, 0.05) is 38.8 Å². The molecule has 2 unspecified atom stereocenters. The molecule has 0 radical (unpaired) electrons. The number of nitrogens with one attached hydrogen (secondary N) is 2. The van der Waals surface area contributed by atoms with Gasteiger partial charge in [0.2, 0.25) is 18.6 Å². The Hall–Kier alpha value is -2.32. The number of piperazine rings is 1. The summed E-state index contributed by atoms with van der Waals surface area (Å²) in [6.07, 6.45) is 2.20. The van der Waals surface area contributed by atoms with Crippen molar-refractivity contribution in [3.8, 4) is 11.5 Å². The zero-order valence-electron chi connectivity index (χ0n) is 17.1. The zero-order chi connectivity index (χ0) is 20.4. The number of carbonyl (C=O) groups excluding carboxylic acids is 2. The molecular weight excluding hydrogens is 372 g/mol. The van der Waals surface area contributed by atoms with Crippen molar-refractivity contribution in [1.29, 1.82) is 0 Å². The van der Waals surface area contributed by atoms with Crippen LogP contribution in [0.2, 0.25) is 0 Å². The number of carbonyl (C=O) groups is 2. The topological polar surface area (TPSA) is 83.1 Å². The Kier molecular flexibility index (Phi) is 5.91. The maximum absolute atomic E-state index is 12.6. The molecule has 1 saturated carbocycles. The Morgan fingerprint density at radius 3 is 2.28 bits per heavy atom. The third-order valence-corrected chi connectivity index (χ3v) is 6.03. The smallest absolute Gasteiger partial charge is 0.237 e. The normalized spacial score (nSPS) is 21.4. The molecule has 2 N–H and O–H groups in total. The molecule has 1 aliphatic carbocycles. The van der Waals surface area contributed by atoms with Gasteiger partial charge in [-0.15, -0.1) is 0 Å². The van der Waals surface area contributed by atoms with Crippen LogP contribution in [-0.2, 0) is 16.1 Å². The Morgan fingerprint density at radius 1 is 1.00 bits per heavy atom. The van der Waals surface area contributed by atoms with Crippen LogP contribution in [0, 0.1) is 0 Å². The first-order valence-corrected chi connectivity index (χ1v) is 10.5. The van der Waals surface area contributed by atoms with E-state index < -0.39 is 0 Å². The Balaban J connectivity index is 1.22. The van der Waals surface area contributed by atoms with Gasteiger partial charge in [-0.2, -0.15) is 0 Å². The molecule has 0 aromatic heterocycles. The van der Waals surface area contributed by atoms with Crippen molar-refractivity contribution in [2.75, 3.05) is 33.0 Å². The Labute approximate surface area is 171 Å². The Morgan fingerprint density at radius 2 is 1.62 bits per heavy atom. The highest BCUT2D eigenvalue weighted by Crippen LogP contribution is 2.32. The van der Waals surface area contributed by atoms with E-state index >= 15 is 0 Å². The number of nitrogens with zero attached hydrogens (tertiary/aromatic N) is 2. The van der Waals surface area contributed by atoms with Gasteiger partial charge in [-0.3, -0.25) is 19.4 Å². The third kappa shape index (κ3) is 4.82. The standard InChI is InChI=1S/C21H30N4O4/c1-14(20(26)22-12-16-3-6-18-19(11-16)29-13-28-18)24-7-9-25(10-8-24)15(2)21(27)23-17-4-5-17/h3,6,11,14-15,17H,4-5,7-10,12-13H2,1-2H3,(H,22,26)(H,23,27). The third-order valence-electron chi connectivity index (χ3n) is 6.03. The lowest BCUT2D eigenvalue weighted by Crippen LogP contribution is -2.57. The van der Waals surface area contributed by atoms with Gasteiger partial charge in [-0.05, 0) is 44.4 Å². The molecule has 2 fully saturated rings. The summed E-state index contributed by atoms with van der Waals surface area (Å²) < 4.78 is 10.7. The second-order valence-corrected chi connectivity index (χ2v) is 8.11. The van der Waals surface area contributed by atoms with E-state index in [0.717, 1.165) is 56.1 Å². The highest BCUT2D eigenvalue weighted by Gasteiger charge is 2.32. The molecule has 2 amide bonds. The Bertz CT molecular complexity index is 759. The summed E-state index contributed by atoms with van der Waals surface area (Å²) in [6.45, 7) is 7.74. The van der Waals surface area contributed by atoms with Gasteiger partial charge < -0.3 is 20.1 Å². The minimum absolute atomic E-state index is 0.00985. The summed E-state index contributed by atoms with van der Waals surface area (Å²) in [7, 11) is 0. The molecule has 8 nitrogen and oxygen atoms in total. The van der Waals surface area contributed by atoms with Crippen LogP contribution in [0.25, 0.3) is 0 Å². The lowest BCUT2D eigenvalue weighted by Gasteiger charge is -2.39. The van der Waals surface area contributed by atoms with E-state index in [1.807, 2.05) is 32.0 Å². The van der Waals surface area contributed by atoms with Crippen molar-refractivity contribution in [3.05, 3.63) is 23.8 Å². The maximum Gasteiger partial charge on any atom is 0.237 e. The van der Waals surface area contributed by atoms with Crippen LogP contribution < -0.4 is 20.1 Å². The molecule has 1 aromatic rings. The van der Waals surface area contributed by atoms with E-state index in [0.29, 0.717) is 12.6 Å². The van der Waals surface area contributed by atoms with Gasteiger partial charge in [0.15, 0.2) is 11.5 Å². The zero-order valence-corrected chi connectivity index (χ0v) is 17.1. The molecule has 2 atom stereocenters. The number of benzene rings is 1. The summed E-state index contributed by atoms with van der Waals surface area (Å²) in [6, 6.07) is 5.77. The average molecular weight is 402 g/mol. The van der Waals surface area contributed by atoms with Crippen LogP contribution in [-0.4, -0.2) is 72.7 Å². The van der Waals surface area contributed by atoms with Crippen LogP contribution in [0.15, 0.2) is 18.2 Å². The van der Waals surface area contributed by atoms with E-state index in [1.54, 1.807) is 0 Å². The molecule has 8 heteroatoms. The molecule has 29 heavy (non-hydrogen) atoms. The second-order valence-electron chi connectivity index (χ2n) is 8.11. The van der Waals surface area contributed by atoms with E-state index in [-0.39, 0.29) is 30.7 Å². The van der Waals surface area contributed by atoms with E-state index in [2.05, 4.69) is 20.4 Å². The molecule has 4 rings (SSSR count). The summed E-state index contributed by atoms with van der Waals surface area (Å²) in [4.78, 5) is 29.3. The van der Waals surface area contributed by atoms with E-state index in [1.165, 1.54) is 0 Å². The van der Waals surface area contributed by atoms with Crippen molar-refractivity contribution >= 4 is 11.8 Å². The predicted molar refractivity (Wildman–Crippen MR) is 108 cm³/mol. The number of rotatable bonds is 7. The first-order chi connectivity index (χ1) is 14.0. The van der Waals surface area contributed by atoms with E-state index in [9.17, 15) is 9.59 Å². The summed E-state index contributed by atoms with van der Waals surface area (Å²) in [5.41, 5.74) is 0.982. The van der Waals surface area contributed by atoms with Gasteiger partial charge in [0.05, 0.1) is 12.1 Å². The van der Waals surface area contributed by atoms with E-state index in [4.69, 9.17) is 9.47 Å². The summed E-state index contributed by atoms with van der Waals surface area (Å²) in [5.74, 6) is 1.60. The number of hydrogen-bond acceptors (Lipinski definition) is 6.